The van der Waals surface area contributed by atoms with Crippen LogP contribution in [0.25, 0.3) is 0 Å². The zero-order valence-electron chi connectivity index (χ0n) is 7.94. The zero-order valence-corrected chi connectivity index (χ0v) is 7.94. The second-order valence-electron chi connectivity index (χ2n) is 3.96. The highest BCUT2D eigenvalue weighted by molar-refractivity contribution is 5.83. The molecule has 1 amide bonds. The van der Waals surface area contributed by atoms with Crippen LogP contribution in [0, 0.1) is 5.41 Å². The molecule has 2 N–H and O–H groups in total. The third kappa shape index (κ3) is 2.23. The van der Waals surface area contributed by atoms with E-state index in [9.17, 15) is 4.79 Å². The average molecular weight is 169 g/mol. The van der Waals surface area contributed by atoms with E-state index in [-0.39, 0.29) is 11.3 Å². The van der Waals surface area contributed by atoms with Gasteiger partial charge in [-0.1, -0.05) is 32.6 Å². The highest BCUT2D eigenvalue weighted by Crippen LogP contribution is 2.49. The molecule has 0 atom stereocenters. The minimum atomic E-state index is -0.0704. The summed E-state index contributed by atoms with van der Waals surface area (Å²) in [6.45, 7) is 2.20. The van der Waals surface area contributed by atoms with E-state index in [1.165, 1.54) is 25.7 Å². The largest absolute Gasteiger partial charge is 0.369 e. The van der Waals surface area contributed by atoms with E-state index in [1.807, 2.05) is 0 Å². The van der Waals surface area contributed by atoms with E-state index in [0.717, 1.165) is 19.3 Å². The van der Waals surface area contributed by atoms with Crippen molar-refractivity contribution in [3.8, 4) is 0 Å². The van der Waals surface area contributed by atoms with Crippen molar-refractivity contribution in [3.63, 3.8) is 0 Å². The third-order valence-corrected chi connectivity index (χ3v) is 2.89. The molecule has 2 heteroatoms. The highest BCUT2D eigenvalue weighted by Gasteiger charge is 2.47. The Balaban J connectivity index is 2.10. The maximum Gasteiger partial charge on any atom is 0.223 e. The molecule has 1 saturated carbocycles. The van der Waals surface area contributed by atoms with Gasteiger partial charge in [0.2, 0.25) is 5.91 Å². The van der Waals surface area contributed by atoms with Gasteiger partial charge in [-0.15, -0.1) is 0 Å². The molecule has 0 aromatic heterocycles. The molecule has 1 fully saturated rings. The summed E-state index contributed by atoms with van der Waals surface area (Å²) in [4.78, 5) is 11.0. The van der Waals surface area contributed by atoms with Gasteiger partial charge in [-0.25, -0.2) is 0 Å². The smallest absolute Gasteiger partial charge is 0.223 e. The van der Waals surface area contributed by atoms with Gasteiger partial charge in [-0.3, -0.25) is 4.79 Å². The normalized spacial score (nSPS) is 19.1. The first-order chi connectivity index (χ1) is 5.71. The van der Waals surface area contributed by atoms with Crippen molar-refractivity contribution in [2.75, 3.05) is 0 Å². The molecule has 0 unspecified atom stereocenters. The van der Waals surface area contributed by atoms with Crippen molar-refractivity contribution in [1.82, 2.24) is 0 Å². The number of nitrogens with two attached hydrogens (primary N) is 1. The Bertz CT molecular complexity index is 161. The summed E-state index contributed by atoms with van der Waals surface area (Å²) in [5, 5.41) is 0. The van der Waals surface area contributed by atoms with Gasteiger partial charge in [0.25, 0.3) is 0 Å². The van der Waals surface area contributed by atoms with Crippen LogP contribution in [0.1, 0.15) is 51.9 Å². The van der Waals surface area contributed by atoms with Crippen LogP contribution in [0.2, 0.25) is 0 Å². The lowest BCUT2D eigenvalue weighted by Crippen LogP contribution is -2.24. The number of unbranched alkanes of at least 4 members (excludes halogenated alkanes) is 3. The highest BCUT2D eigenvalue weighted by atomic mass is 16.1. The number of primary amides is 1. The maximum atomic E-state index is 11.0. The SMILES string of the molecule is CCCCCCC1(C(N)=O)CC1. The van der Waals surface area contributed by atoms with Crippen molar-refractivity contribution in [2.45, 2.75) is 51.9 Å². The summed E-state index contributed by atoms with van der Waals surface area (Å²) < 4.78 is 0. The number of rotatable bonds is 6. The molecule has 0 bridgehead atoms. The van der Waals surface area contributed by atoms with Crippen molar-refractivity contribution >= 4 is 5.91 Å². The van der Waals surface area contributed by atoms with E-state index < -0.39 is 0 Å². The van der Waals surface area contributed by atoms with Gasteiger partial charge in [0.1, 0.15) is 0 Å². The van der Waals surface area contributed by atoms with Crippen LogP contribution in [0.5, 0.6) is 0 Å². The summed E-state index contributed by atoms with van der Waals surface area (Å²) in [5.74, 6) is -0.0704. The van der Waals surface area contributed by atoms with Crippen molar-refractivity contribution < 1.29 is 4.79 Å². The molecule has 1 aliphatic carbocycles. The Morgan fingerprint density at radius 2 is 2.00 bits per heavy atom. The fourth-order valence-corrected chi connectivity index (χ4v) is 1.66. The Morgan fingerprint density at radius 1 is 1.33 bits per heavy atom. The molecule has 1 rings (SSSR count). The lowest BCUT2D eigenvalue weighted by molar-refractivity contribution is -0.123. The van der Waals surface area contributed by atoms with Crippen LogP contribution in [0.3, 0.4) is 0 Å². The summed E-state index contributed by atoms with van der Waals surface area (Å²) in [5.41, 5.74) is 5.25. The maximum absolute atomic E-state index is 11.0. The molecule has 0 aliphatic heterocycles. The molecule has 0 aromatic carbocycles. The molecule has 12 heavy (non-hydrogen) atoms. The number of hydrogen-bond donors (Lipinski definition) is 1. The van der Waals surface area contributed by atoms with Gasteiger partial charge in [0, 0.05) is 5.41 Å². The van der Waals surface area contributed by atoms with Crippen LogP contribution >= 0.6 is 0 Å². The van der Waals surface area contributed by atoms with Gasteiger partial charge < -0.3 is 5.73 Å². The predicted molar refractivity (Wildman–Crippen MR) is 49.6 cm³/mol. The van der Waals surface area contributed by atoms with Crippen LogP contribution in [-0.2, 0) is 4.79 Å². The molecule has 2 nitrogen and oxygen atoms in total. The summed E-state index contributed by atoms with van der Waals surface area (Å²) in [6, 6.07) is 0. The Labute approximate surface area is 74.5 Å². The number of amides is 1. The van der Waals surface area contributed by atoms with Gasteiger partial charge in [0.05, 0.1) is 0 Å². The molecule has 0 heterocycles. The fourth-order valence-electron chi connectivity index (χ4n) is 1.66. The van der Waals surface area contributed by atoms with E-state index in [0.29, 0.717) is 0 Å². The minimum Gasteiger partial charge on any atom is -0.369 e. The average Bonchev–Trinajstić information content (AvgIpc) is 2.79. The first-order valence-corrected chi connectivity index (χ1v) is 5.01. The molecule has 0 saturated heterocycles. The number of carbonyl (C=O) groups excluding carboxylic acids is 1. The third-order valence-electron chi connectivity index (χ3n) is 2.89. The van der Waals surface area contributed by atoms with Gasteiger partial charge in [-0.2, -0.15) is 0 Å². The molecule has 70 valence electrons. The van der Waals surface area contributed by atoms with Crippen LogP contribution in [0.4, 0.5) is 0 Å². The quantitative estimate of drug-likeness (QED) is 0.609. The minimum absolute atomic E-state index is 0.0618. The predicted octanol–water partition coefficient (Wildman–Crippen LogP) is 2.22. The monoisotopic (exact) mass is 169 g/mol. The number of hydrogen-bond acceptors (Lipinski definition) is 1. The Hall–Kier alpha value is -0.530. The first-order valence-electron chi connectivity index (χ1n) is 5.01. The zero-order chi connectivity index (χ0) is 9.03. The van der Waals surface area contributed by atoms with E-state index >= 15 is 0 Å². The van der Waals surface area contributed by atoms with Gasteiger partial charge in [0.15, 0.2) is 0 Å². The van der Waals surface area contributed by atoms with Gasteiger partial charge in [-0.05, 0) is 19.3 Å². The molecular formula is C10H19NO. The van der Waals surface area contributed by atoms with E-state index in [2.05, 4.69) is 6.92 Å². The lowest BCUT2D eigenvalue weighted by Gasteiger charge is -2.09. The Morgan fingerprint density at radius 3 is 2.42 bits per heavy atom. The second kappa shape index (κ2) is 3.92. The summed E-state index contributed by atoms with van der Waals surface area (Å²) >= 11 is 0. The molecular weight excluding hydrogens is 150 g/mol. The molecule has 0 aromatic rings. The van der Waals surface area contributed by atoms with E-state index in [1.54, 1.807) is 0 Å². The topological polar surface area (TPSA) is 43.1 Å². The standard InChI is InChI=1S/C10H19NO/c1-2-3-4-5-6-10(7-8-10)9(11)12/h2-8H2,1H3,(H2,11,12). The molecule has 0 radical (unpaired) electrons. The Kier molecular flexibility index (Phi) is 3.12. The fraction of sp³-hybridized carbons (Fsp3) is 0.900. The van der Waals surface area contributed by atoms with Crippen LogP contribution < -0.4 is 5.73 Å². The van der Waals surface area contributed by atoms with Crippen LogP contribution in [0.15, 0.2) is 0 Å². The van der Waals surface area contributed by atoms with Crippen LogP contribution in [-0.4, -0.2) is 5.91 Å². The molecule has 1 aliphatic rings. The van der Waals surface area contributed by atoms with Gasteiger partial charge >= 0.3 is 0 Å². The van der Waals surface area contributed by atoms with Crippen molar-refractivity contribution in [1.29, 1.82) is 0 Å². The summed E-state index contributed by atoms with van der Waals surface area (Å²) in [7, 11) is 0. The number of carbonyl (C=O) groups is 1. The van der Waals surface area contributed by atoms with E-state index in [4.69, 9.17) is 5.73 Å². The second-order valence-corrected chi connectivity index (χ2v) is 3.96. The first kappa shape index (κ1) is 9.56. The lowest BCUT2D eigenvalue weighted by atomic mass is 9.97. The summed E-state index contributed by atoms with van der Waals surface area (Å²) in [6.07, 6.45) is 8.08. The molecule has 0 spiro atoms. The van der Waals surface area contributed by atoms with Crippen molar-refractivity contribution in [3.05, 3.63) is 0 Å². The van der Waals surface area contributed by atoms with Crippen molar-refractivity contribution in [2.24, 2.45) is 11.1 Å².